The van der Waals surface area contributed by atoms with Crippen LogP contribution in [-0.2, 0) is 23.7 Å². The van der Waals surface area contributed by atoms with Crippen LogP contribution in [0.5, 0.6) is 11.5 Å². The number of nitrogens with zero attached hydrogens (tertiary/aromatic N) is 2. The summed E-state index contributed by atoms with van der Waals surface area (Å²) in [5, 5.41) is 2.47. The lowest BCUT2D eigenvalue weighted by Crippen LogP contribution is -2.42. The lowest BCUT2D eigenvalue weighted by atomic mass is 9.90. The lowest BCUT2D eigenvalue weighted by molar-refractivity contribution is -0.166. The van der Waals surface area contributed by atoms with Crippen molar-refractivity contribution in [3.8, 4) is 11.5 Å². The molecule has 2 heterocycles. The monoisotopic (exact) mass is 903 g/mol. The molecule has 0 aromatic heterocycles. The van der Waals surface area contributed by atoms with Crippen molar-refractivity contribution in [3.63, 3.8) is 0 Å². The van der Waals surface area contributed by atoms with E-state index in [1.165, 1.54) is 11.8 Å². The molecule has 352 valence electrons. The zero-order valence-electron chi connectivity index (χ0n) is 38.3. The van der Waals surface area contributed by atoms with Gasteiger partial charge < -0.3 is 43.5 Å². The van der Waals surface area contributed by atoms with Crippen molar-refractivity contribution in [2.24, 2.45) is 11.8 Å². The Labute approximate surface area is 378 Å². The van der Waals surface area contributed by atoms with Crippen LogP contribution in [0, 0.1) is 39.5 Å². The third-order valence-corrected chi connectivity index (χ3v) is 10.7. The van der Waals surface area contributed by atoms with Crippen molar-refractivity contribution in [2.75, 3.05) is 46.9 Å². The fraction of sp³-hybridized carbons (Fsp3) is 0.617. The molecule has 2 aromatic rings. The van der Waals surface area contributed by atoms with E-state index in [1.807, 2.05) is 39.8 Å². The standard InChI is InChI=1S/C27H40N2O8.C19H26ClNO4.CH4/c1-17-13-21(15-23(34-7)18(17)2)22(30)14-20-9-8-12-29(16-20)26(33)36-19(3)35-24(31)10-11-28-25(32)37-27(4,5)6;1-12-8-16(10-18(24-4)13(12)2)17(22)9-15-6-5-7-21(11-15)19(23)25-14(3)20;/h13,15,19-20H,8-12,14,16H2,1-7H3,(H,28,32);8,10,14-15H,5-7,9,11H2,1-4H3;1H4. The van der Waals surface area contributed by atoms with Crippen molar-refractivity contribution in [2.45, 2.75) is 132 Å². The van der Waals surface area contributed by atoms with Gasteiger partial charge in [-0.05, 0) is 139 Å². The Morgan fingerprint density at radius 1 is 0.730 bits per heavy atom. The minimum atomic E-state index is -1.09. The highest BCUT2D eigenvalue weighted by atomic mass is 35.5. The Kier molecular flexibility index (Phi) is 21.7. The third-order valence-electron chi connectivity index (χ3n) is 10.7. The quantitative estimate of drug-likeness (QED) is 0.0626. The number of alkyl carbamates (subject to hydrolysis) is 1. The largest absolute Gasteiger partial charge is 0.496 e. The number of ether oxygens (including phenoxy) is 6. The first-order valence-electron chi connectivity index (χ1n) is 21.2. The van der Waals surface area contributed by atoms with Crippen LogP contribution >= 0.6 is 11.6 Å². The van der Waals surface area contributed by atoms with E-state index in [1.54, 1.807) is 58.9 Å². The summed E-state index contributed by atoms with van der Waals surface area (Å²) in [7, 11) is 3.19. The molecule has 4 atom stereocenters. The van der Waals surface area contributed by atoms with Crippen LogP contribution in [0.1, 0.15) is 130 Å². The predicted octanol–water partition coefficient (Wildman–Crippen LogP) is 9.49. The first-order chi connectivity index (χ1) is 29.1. The molecule has 16 heteroatoms. The molecule has 0 aliphatic carbocycles. The smallest absolute Gasteiger partial charge is 0.412 e. The summed E-state index contributed by atoms with van der Waals surface area (Å²) in [5.74, 6) is 0.999. The maximum atomic E-state index is 12.9. The number of piperidine rings is 2. The van der Waals surface area contributed by atoms with Gasteiger partial charge in [0.25, 0.3) is 0 Å². The number of likely N-dealkylation sites (tertiary alicyclic amines) is 2. The van der Waals surface area contributed by atoms with E-state index in [0.29, 0.717) is 55.9 Å². The van der Waals surface area contributed by atoms with E-state index in [9.17, 15) is 28.8 Å². The Morgan fingerprint density at radius 3 is 1.59 bits per heavy atom. The number of hydrogen-bond donors (Lipinski definition) is 1. The highest BCUT2D eigenvalue weighted by Crippen LogP contribution is 2.29. The molecule has 2 aromatic carbocycles. The van der Waals surface area contributed by atoms with Crippen molar-refractivity contribution in [1.82, 2.24) is 15.1 Å². The van der Waals surface area contributed by atoms with Gasteiger partial charge in [0, 0.05) is 63.6 Å². The third kappa shape index (κ3) is 17.9. The van der Waals surface area contributed by atoms with E-state index < -0.39 is 41.7 Å². The number of halogens is 1. The molecular weight excluding hydrogens is 834 g/mol. The summed E-state index contributed by atoms with van der Waals surface area (Å²) in [6.45, 7) is 18.2. The van der Waals surface area contributed by atoms with Gasteiger partial charge in [-0.2, -0.15) is 0 Å². The number of alkyl halides is 1. The maximum absolute atomic E-state index is 12.9. The van der Waals surface area contributed by atoms with Crippen LogP contribution in [0.4, 0.5) is 14.4 Å². The number of carbonyl (C=O) groups excluding carboxylic acids is 6. The second-order valence-corrected chi connectivity index (χ2v) is 17.6. The van der Waals surface area contributed by atoms with Gasteiger partial charge in [0.2, 0.25) is 6.29 Å². The molecule has 4 unspecified atom stereocenters. The van der Waals surface area contributed by atoms with Gasteiger partial charge >= 0.3 is 24.2 Å². The van der Waals surface area contributed by atoms with Gasteiger partial charge in [-0.25, -0.2) is 14.4 Å². The maximum Gasteiger partial charge on any atom is 0.412 e. The molecule has 2 aliphatic heterocycles. The molecule has 3 amide bonds. The fourth-order valence-electron chi connectivity index (χ4n) is 7.23. The Morgan fingerprint density at radius 2 is 1.17 bits per heavy atom. The molecule has 0 spiro atoms. The average molecular weight is 905 g/mol. The van der Waals surface area contributed by atoms with E-state index in [-0.39, 0.29) is 43.8 Å². The molecule has 0 radical (unpaired) electrons. The predicted molar refractivity (Wildman–Crippen MR) is 241 cm³/mol. The number of Topliss-reactive ketones (excluding diaryl/α,β-unsaturated/α-hetero) is 2. The molecule has 1 N–H and O–H groups in total. The normalized spacial score (nSPS) is 17.0. The summed E-state index contributed by atoms with van der Waals surface area (Å²) in [6.07, 6.45) is 1.24. The SMILES string of the molecule is C.COc1cc(C(=O)CC2CCCN(C(=O)OC(C)Cl)C2)cc(C)c1C.COc1cc(C(=O)CC2CCCN(C(=O)OC(C)OC(=O)CCNC(=O)OC(C)(C)C)C2)cc(C)c1C. The van der Waals surface area contributed by atoms with Crippen molar-refractivity contribution in [3.05, 3.63) is 57.6 Å². The van der Waals surface area contributed by atoms with Gasteiger partial charge in [-0.1, -0.05) is 19.0 Å². The number of rotatable bonds is 14. The molecule has 4 rings (SSSR count). The van der Waals surface area contributed by atoms with Gasteiger partial charge in [-0.15, -0.1) is 0 Å². The number of esters is 1. The molecule has 15 nitrogen and oxygen atoms in total. The van der Waals surface area contributed by atoms with Crippen molar-refractivity contribution >= 4 is 47.4 Å². The zero-order valence-corrected chi connectivity index (χ0v) is 39.0. The molecule has 2 fully saturated rings. The van der Waals surface area contributed by atoms with E-state index >= 15 is 0 Å². The van der Waals surface area contributed by atoms with Crippen LogP contribution < -0.4 is 14.8 Å². The fourth-order valence-corrected chi connectivity index (χ4v) is 7.31. The highest BCUT2D eigenvalue weighted by molar-refractivity contribution is 6.19. The topological polar surface area (TPSA) is 176 Å². The number of nitrogens with one attached hydrogen (secondary N) is 1. The number of carbonyl (C=O) groups is 6. The Balaban J connectivity index is 0.000000458. The van der Waals surface area contributed by atoms with Crippen LogP contribution in [0.15, 0.2) is 24.3 Å². The second kappa shape index (κ2) is 25.3. The number of aryl methyl sites for hydroxylation is 2. The summed E-state index contributed by atoms with van der Waals surface area (Å²) >= 11 is 5.71. The minimum Gasteiger partial charge on any atom is -0.496 e. The van der Waals surface area contributed by atoms with Crippen molar-refractivity contribution in [1.29, 1.82) is 0 Å². The summed E-state index contributed by atoms with van der Waals surface area (Å²) in [4.78, 5) is 77.1. The van der Waals surface area contributed by atoms with E-state index in [4.69, 9.17) is 40.0 Å². The lowest BCUT2D eigenvalue weighted by Gasteiger charge is -2.32. The molecule has 0 saturated carbocycles. The Bertz CT molecular complexity index is 1900. The molecular formula is C47H70ClN3O12. The molecule has 63 heavy (non-hydrogen) atoms. The summed E-state index contributed by atoms with van der Waals surface area (Å²) in [6, 6.07) is 7.34. The minimum absolute atomic E-state index is 0. The summed E-state index contributed by atoms with van der Waals surface area (Å²) in [5.41, 5.74) is 4.03. The number of benzene rings is 2. The van der Waals surface area contributed by atoms with Gasteiger partial charge in [0.05, 0.1) is 20.6 Å². The van der Waals surface area contributed by atoms with E-state index in [2.05, 4.69) is 5.32 Å². The van der Waals surface area contributed by atoms with Crippen LogP contribution in [-0.4, -0.2) is 110 Å². The van der Waals surface area contributed by atoms with Gasteiger partial charge in [-0.3, -0.25) is 14.4 Å². The Hall–Kier alpha value is -5.05. The number of methoxy groups -OCH3 is 2. The number of amides is 3. The zero-order chi connectivity index (χ0) is 46.3. The number of hydrogen-bond acceptors (Lipinski definition) is 12. The van der Waals surface area contributed by atoms with Crippen LogP contribution in [0.2, 0.25) is 0 Å². The van der Waals surface area contributed by atoms with Crippen LogP contribution in [0.3, 0.4) is 0 Å². The first-order valence-corrected chi connectivity index (χ1v) is 21.6. The molecule has 2 saturated heterocycles. The van der Waals surface area contributed by atoms with Crippen molar-refractivity contribution < 1.29 is 57.2 Å². The van der Waals surface area contributed by atoms with Crippen LogP contribution in [0.25, 0.3) is 0 Å². The van der Waals surface area contributed by atoms with Gasteiger partial charge in [0.1, 0.15) is 17.1 Å². The van der Waals surface area contributed by atoms with Gasteiger partial charge in [0.15, 0.2) is 17.1 Å². The second-order valence-electron chi connectivity index (χ2n) is 17.0. The molecule has 2 aliphatic rings. The average Bonchev–Trinajstić information content (AvgIpc) is 3.19. The summed E-state index contributed by atoms with van der Waals surface area (Å²) < 4.78 is 31.3. The number of ketones is 2. The molecule has 0 bridgehead atoms. The first kappa shape index (κ1) is 54.1. The van der Waals surface area contributed by atoms with E-state index in [0.717, 1.165) is 53.7 Å². The highest BCUT2D eigenvalue weighted by Gasteiger charge is 2.30.